The number of hydrogen-bond acceptors (Lipinski definition) is 6. The molecule has 0 unspecified atom stereocenters. The van der Waals surface area contributed by atoms with E-state index < -0.39 is 23.3 Å². The number of aromatic nitrogens is 2. The van der Waals surface area contributed by atoms with Gasteiger partial charge in [0.2, 0.25) is 17.7 Å². The topological polar surface area (TPSA) is 105 Å². The Morgan fingerprint density at radius 3 is 2.78 bits per heavy atom. The minimum atomic E-state index is -0.997. The van der Waals surface area contributed by atoms with Crippen molar-refractivity contribution in [3.63, 3.8) is 0 Å². The van der Waals surface area contributed by atoms with Crippen LogP contribution in [0.3, 0.4) is 0 Å². The van der Waals surface area contributed by atoms with Gasteiger partial charge in [-0.1, -0.05) is 5.16 Å². The smallest absolute Gasteiger partial charge is 0.330 e. The van der Waals surface area contributed by atoms with Gasteiger partial charge in [0.25, 0.3) is 0 Å². The summed E-state index contributed by atoms with van der Waals surface area (Å²) in [6, 6.07) is -0.679. The number of amides is 4. The van der Waals surface area contributed by atoms with E-state index in [0.717, 1.165) is 4.90 Å². The Morgan fingerprint density at radius 1 is 1.39 bits per heavy atom. The van der Waals surface area contributed by atoms with Gasteiger partial charge in [-0.2, -0.15) is 4.98 Å². The van der Waals surface area contributed by atoms with E-state index in [9.17, 15) is 14.4 Å². The molecule has 2 heterocycles. The first-order valence-corrected chi connectivity index (χ1v) is 5.56. The van der Waals surface area contributed by atoms with E-state index >= 15 is 0 Å². The second kappa shape index (κ2) is 3.62. The number of barbiturate groups is 1. The highest BCUT2D eigenvalue weighted by atomic mass is 16.5. The van der Waals surface area contributed by atoms with Crippen molar-refractivity contribution in [1.29, 1.82) is 0 Å². The Morgan fingerprint density at radius 2 is 2.17 bits per heavy atom. The first kappa shape index (κ1) is 10.9. The fourth-order valence-electron chi connectivity index (χ4n) is 2.01. The molecule has 94 valence electrons. The summed E-state index contributed by atoms with van der Waals surface area (Å²) in [5.41, 5.74) is -0.997. The summed E-state index contributed by atoms with van der Waals surface area (Å²) < 4.78 is 4.79. The van der Waals surface area contributed by atoms with Crippen LogP contribution in [-0.4, -0.2) is 39.4 Å². The van der Waals surface area contributed by atoms with Crippen LogP contribution in [0.1, 0.15) is 18.7 Å². The second-order valence-electron chi connectivity index (χ2n) is 4.38. The Labute approximate surface area is 101 Å². The number of nitrogens with zero attached hydrogens (tertiary/aromatic N) is 3. The van der Waals surface area contributed by atoms with Crippen LogP contribution in [-0.2, 0) is 16.0 Å². The van der Waals surface area contributed by atoms with Crippen molar-refractivity contribution in [2.45, 2.75) is 19.3 Å². The maximum atomic E-state index is 12.1. The van der Waals surface area contributed by atoms with Crippen molar-refractivity contribution in [1.82, 2.24) is 20.4 Å². The molecule has 0 aromatic carbocycles. The molecule has 2 aliphatic rings. The lowest BCUT2D eigenvalue weighted by atomic mass is 10.0. The maximum absolute atomic E-state index is 12.1. The minimum Gasteiger partial charge on any atom is -0.340 e. The number of nitrogens with one attached hydrogen (secondary N) is 1. The maximum Gasteiger partial charge on any atom is 0.330 e. The van der Waals surface area contributed by atoms with Gasteiger partial charge in [0.15, 0.2) is 6.33 Å². The Balaban J connectivity index is 1.73. The molecule has 1 aliphatic carbocycles. The molecule has 1 aromatic heterocycles. The molecule has 1 N–H and O–H groups in total. The van der Waals surface area contributed by atoms with Crippen LogP contribution < -0.4 is 5.32 Å². The van der Waals surface area contributed by atoms with Crippen LogP contribution >= 0.6 is 0 Å². The van der Waals surface area contributed by atoms with Crippen molar-refractivity contribution < 1.29 is 18.9 Å². The van der Waals surface area contributed by atoms with Gasteiger partial charge in [0.1, 0.15) is 5.41 Å². The van der Waals surface area contributed by atoms with Crippen LogP contribution in [0.5, 0.6) is 0 Å². The van der Waals surface area contributed by atoms with Gasteiger partial charge in [-0.15, -0.1) is 0 Å². The van der Waals surface area contributed by atoms with E-state index in [0.29, 0.717) is 18.7 Å². The number of imide groups is 2. The summed E-state index contributed by atoms with van der Waals surface area (Å²) in [5, 5.41) is 5.64. The van der Waals surface area contributed by atoms with Gasteiger partial charge in [-0.05, 0) is 12.8 Å². The summed E-state index contributed by atoms with van der Waals surface area (Å²) in [7, 11) is 0. The Bertz CT molecular complexity index is 520. The van der Waals surface area contributed by atoms with Gasteiger partial charge >= 0.3 is 6.03 Å². The average Bonchev–Trinajstić information content (AvgIpc) is 2.99. The zero-order valence-electron chi connectivity index (χ0n) is 9.38. The number of rotatable bonds is 3. The van der Waals surface area contributed by atoms with Gasteiger partial charge in [-0.25, -0.2) is 4.79 Å². The molecule has 3 rings (SSSR count). The van der Waals surface area contributed by atoms with E-state index in [2.05, 4.69) is 15.5 Å². The molecular formula is C10H10N4O4. The highest BCUT2D eigenvalue weighted by Crippen LogP contribution is 2.48. The predicted molar refractivity (Wildman–Crippen MR) is 54.9 cm³/mol. The Hall–Kier alpha value is -2.25. The fourth-order valence-corrected chi connectivity index (χ4v) is 2.01. The molecule has 0 atom stereocenters. The highest BCUT2D eigenvalue weighted by Gasteiger charge is 2.62. The third-order valence-corrected chi connectivity index (χ3v) is 3.26. The third kappa shape index (κ3) is 1.49. The van der Waals surface area contributed by atoms with Crippen molar-refractivity contribution in [2.24, 2.45) is 5.41 Å². The number of carbonyl (C=O) groups is 3. The molecule has 0 radical (unpaired) electrons. The first-order valence-electron chi connectivity index (χ1n) is 5.56. The lowest BCUT2D eigenvalue weighted by Gasteiger charge is -2.29. The molecule has 2 fully saturated rings. The zero-order valence-corrected chi connectivity index (χ0v) is 9.38. The lowest BCUT2D eigenvalue weighted by molar-refractivity contribution is -0.144. The summed E-state index contributed by atoms with van der Waals surface area (Å²) >= 11 is 0. The summed E-state index contributed by atoms with van der Waals surface area (Å²) in [4.78, 5) is 40.1. The van der Waals surface area contributed by atoms with Crippen LogP contribution in [0.2, 0.25) is 0 Å². The van der Waals surface area contributed by atoms with Gasteiger partial charge < -0.3 is 4.52 Å². The molecule has 1 aromatic rings. The molecule has 8 nitrogen and oxygen atoms in total. The van der Waals surface area contributed by atoms with Crippen molar-refractivity contribution >= 4 is 17.8 Å². The molecule has 18 heavy (non-hydrogen) atoms. The summed E-state index contributed by atoms with van der Waals surface area (Å²) in [6.07, 6.45) is 2.53. The predicted octanol–water partition coefficient (Wildman–Crippen LogP) is -0.529. The second-order valence-corrected chi connectivity index (χ2v) is 4.38. The number of carbonyl (C=O) groups excluding carboxylic acids is 3. The Kier molecular flexibility index (Phi) is 2.19. The van der Waals surface area contributed by atoms with Crippen molar-refractivity contribution in [2.75, 3.05) is 6.54 Å². The van der Waals surface area contributed by atoms with Crippen LogP contribution in [0.4, 0.5) is 4.79 Å². The number of urea groups is 1. The standard InChI is InChI=1S/C10H10N4O4/c15-7-10(2-3-10)8(16)14(9(17)13-7)4-1-6-11-5-12-18-6/h5H,1-4H2,(H,13,15,17). The van der Waals surface area contributed by atoms with E-state index in [1.807, 2.05) is 0 Å². The zero-order chi connectivity index (χ0) is 12.8. The highest BCUT2D eigenvalue weighted by molar-refractivity contribution is 6.20. The molecule has 8 heteroatoms. The van der Waals surface area contributed by atoms with Crippen molar-refractivity contribution in [3.05, 3.63) is 12.2 Å². The third-order valence-electron chi connectivity index (χ3n) is 3.26. The molecule has 1 saturated heterocycles. The normalized spacial score (nSPS) is 21.3. The average molecular weight is 250 g/mol. The van der Waals surface area contributed by atoms with Gasteiger partial charge in [0, 0.05) is 13.0 Å². The minimum absolute atomic E-state index is 0.127. The van der Waals surface area contributed by atoms with Crippen LogP contribution in [0, 0.1) is 5.41 Å². The lowest BCUT2D eigenvalue weighted by Crippen LogP contribution is -2.59. The first-order chi connectivity index (χ1) is 8.63. The van der Waals surface area contributed by atoms with Crippen LogP contribution in [0.15, 0.2) is 10.9 Å². The molecule has 0 bridgehead atoms. The van der Waals surface area contributed by atoms with Gasteiger partial charge in [-0.3, -0.25) is 19.8 Å². The summed E-state index contributed by atoms with van der Waals surface area (Å²) in [5.74, 6) is -0.556. The number of hydrogen-bond donors (Lipinski definition) is 1. The van der Waals surface area contributed by atoms with E-state index in [1.54, 1.807) is 0 Å². The fraction of sp³-hybridized carbons (Fsp3) is 0.500. The van der Waals surface area contributed by atoms with E-state index in [-0.39, 0.29) is 13.0 Å². The molecule has 4 amide bonds. The SMILES string of the molecule is O=C1NC(=O)C2(CC2)C(=O)N1CCc1ncno1. The molecule has 1 aliphatic heterocycles. The van der Waals surface area contributed by atoms with Crippen LogP contribution in [0.25, 0.3) is 0 Å². The molecule has 1 saturated carbocycles. The van der Waals surface area contributed by atoms with E-state index in [1.165, 1.54) is 6.33 Å². The largest absolute Gasteiger partial charge is 0.340 e. The molecule has 1 spiro atoms. The van der Waals surface area contributed by atoms with Crippen molar-refractivity contribution in [3.8, 4) is 0 Å². The quantitative estimate of drug-likeness (QED) is 0.723. The molecular weight excluding hydrogens is 240 g/mol. The summed E-state index contributed by atoms with van der Waals surface area (Å²) in [6.45, 7) is 0.127. The monoisotopic (exact) mass is 250 g/mol. The van der Waals surface area contributed by atoms with Gasteiger partial charge in [0.05, 0.1) is 0 Å². The van der Waals surface area contributed by atoms with E-state index in [4.69, 9.17) is 4.52 Å².